The molecule has 0 aliphatic rings. The van der Waals surface area contributed by atoms with Crippen molar-refractivity contribution in [2.24, 2.45) is 0 Å². The molecule has 1 atom stereocenters. The van der Waals surface area contributed by atoms with E-state index in [9.17, 15) is 4.79 Å². The van der Waals surface area contributed by atoms with Crippen molar-refractivity contribution in [2.75, 3.05) is 13.2 Å². The topological polar surface area (TPSA) is 35.5 Å². The van der Waals surface area contributed by atoms with Crippen molar-refractivity contribution in [1.82, 2.24) is 0 Å². The molecule has 0 aliphatic carbocycles. The molecule has 3 nitrogen and oxygen atoms in total. The zero-order valence-electron chi connectivity index (χ0n) is 7.71. The number of hydrogen-bond donors (Lipinski definition) is 0. The van der Waals surface area contributed by atoms with Crippen molar-refractivity contribution in [1.29, 1.82) is 0 Å². The van der Waals surface area contributed by atoms with Gasteiger partial charge in [0, 0.05) is 12.7 Å². The maximum absolute atomic E-state index is 10.6. The average Bonchev–Trinajstić information content (AvgIpc) is 2.11. The summed E-state index contributed by atoms with van der Waals surface area (Å²) in [6.45, 7) is 8.16. The number of carbonyl (C=O) groups excluding carboxylic acids is 1. The van der Waals surface area contributed by atoms with Crippen LogP contribution in [0.2, 0.25) is 0 Å². The molecule has 0 saturated heterocycles. The first kappa shape index (κ1) is 11.2. The molecule has 0 aromatic heterocycles. The highest BCUT2D eigenvalue weighted by molar-refractivity contribution is 5.81. The Bertz CT molecular complexity index is 143. The van der Waals surface area contributed by atoms with E-state index in [4.69, 9.17) is 9.47 Å². The van der Waals surface area contributed by atoms with Gasteiger partial charge >= 0.3 is 5.97 Å². The zero-order valence-corrected chi connectivity index (χ0v) is 7.71. The van der Waals surface area contributed by atoms with Crippen molar-refractivity contribution in [3.8, 4) is 0 Å². The molecule has 0 N–H and O–H groups in total. The van der Waals surface area contributed by atoms with Gasteiger partial charge in [-0.05, 0) is 13.3 Å². The van der Waals surface area contributed by atoms with Crippen LogP contribution in [0.1, 0.15) is 20.3 Å². The van der Waals surface area contributed by atoms with Gasteiger partial charge in [-0.3, -0.25) is 0 Å². The summed E-state index contributed by atoms with van der Waals surface area (Å²) in [5.74, 6) is -0.395. The van der Waals surface area contributed by atoms with Crippen LogP contribution in [0.5, 0.6) is 0 Å². The van der Waals surface area contributed by atoms with E-state index in [1.165, 1.54) is 0 Å². The summed E-state index contributed by atoms with van der Waals surface area (Å²) in [6, 6.07) is 0. The fraction of sp³-hybridized carbons (Fsp3) is 0.667. The van der Waals surface area contributed by atoms with Gasteiger partial charge in [-0.2, -0.15) is 0 Å². The lowest BCUT2D eigenvalue weighted by Crippen LogP contribution is -2.20. The van der Waals surface area contributed by atoms with Gasteiger partial charge in [0.25, 0.3) is 0 Å². The Balaban J connectivity index is 3.56. The van der Waals surface area contributed by atoms with Crippen LogP contribution in [-0.4, -0.2) is 25.3 Å². The number of rotatable bonds is 6. The molecule has 70 valence electrons. The standard InChI is InChI=1S/C9H16O3/c1-4-8(11-6-3)7-12-9(10)5-2/h5,8H,2,4,6-7H2,1,3H3. The van der Waals surface area contributed by atoms with Gasteiger partial charge in [0.05, 0.1) is 6.10 Å². The second-order valence-electron chi connectivity index (χ2n) is 2.32. The summed E-state index contributed by atoms with van der Waals surface area (Å²) in [6.07, 6.45) is 2.01. The fourth-order valence-electron chi connectivity index (χ4n) is 0.754. The van der Waals surface area contributed by atoms with Gasteiger partial charge < -0.3 is 9.47 Å². The van der Waals surface area contributed by atoms with Gasteiger partial charge in [-0.25, -0.2) is 4.79 Å². The zero-order chi connectivity index (χ0) is 9.40. The van der Waals surface area contributed by atoms with Crippen molar-refractivity contribution >= 4 is 5.97 Å². The van der Waals surface area contributed by atoms with E-state index >= 15 is 0 Å². The first-order chi connectivity index (χ1) is 5.74. The second-order valence-corrected chi connectivity index (χ2v) is 2.32. The number of hydrogen-bond acceptors (Lipinski definition) is 3. The van der Waals surface area contributed by atoms with Gasteiger partial charge in [0.2, 0.25) is 0 Å². The lowest BCUT2D eigenvalue weighted by Gasteiger charge is -2.13. The van der Waals surface area contributed by atoms with E-state index in [-0.39, 0.29) is 6.10 Å². The summed E-state index contributed by atoms with van der Waals surface area (Å²) in [5, 5.41) is 0. The Kier molecular flexibility index (Phi) is 6.38. The number of esters is 1. The smallest absolute Gasteiger partial charge is 0.330 e. The molecule has 0 amide bonds. The molecule has 0 spiro atoms. The van der Waals surface area contributed by atoms with Gasteiger partial charge in [0.1, 0.15) is 6.61 Å². The van der Waals surface area contributed by atoms with Crippen molar-refractivity contribution in [3.63, 3.8) is 0 Å². The Morgan fingerprint density at radius 1 is 1.58 bits per heavy atom. The molecule has 1 unspecified atom stereocenters. The summed E-state index contributed by atoms with van der Waals surface area (Å²) in [5.41, 5.74) is 0. The quantitative estimate of drug-likeness (QED) is 0.450. The molecule has 0 rings (SSSR count). The molecular formula is C9H16O3. The maximum Gasteiger partial charge on any atom is 0.330 e. The average molecular weight is 172 g/mol. The van der Waals surface area contributed by atoms with E-state index in [0.717, 1.165) is 12.5 Å². The summed E-state index contributed by atoms with van der Waals surface area (Å²) < 4.78 is 10.1. The fourth-order valence-corrected chi connectivity index (χ4v) is 0.754. The minimum Gasteiger partial charge on any atom is -0.460 e. The normalized spacial score (nSPS) is 12.2. The van der Waals surface area contributed by atoms with Crippen LogP contribution in [0.4, 0.5) is 0 Å². The van der Waals surface area contributed by atoms with Crippen molar-refractivity contribution < 1.29 is 14.3 Å². The van der Waals surface area contributed by atoms with E-state index < -0.39 is 5.97 Å². The van der Waals surface area contributed by atoms with Gasteiger partial charge in [0.15, 0.2) is 0 Å². The van der Waals surface area contributed by atoms with E-state index in [1.807, 2.05) is 13.8 Å². The largest absolute Gasteiger partial charge is 0.460 e. The molecule has 0 bridgehead atoms. The Morgan fingerprint density at radius 3 is 2.67 bits per heavy atom. The van der Waals surface area contributed by atoms with Crippen LogP contribution < -0.4 is 0 Å². The van der Waals surface area contributed by atoms with E-state index in [0.29, 0.717) is 13.2 Å². The molecule has 12 heavy (non-hydrogen) atoms. The SMILES string of the molecule is C=CC(=O)OCC(CC)OCC. The molecule has 0 aliphatic heterocycles. The Labute approximate surface area is 73.4 Å². The minimum absolute atomic E-state index is 0.0129. The van der Waals surface area contributed by atoms with Crippen LogP contribution in [0.25, 0.3) is 0 Å². The first-order valence-corrected chi connectivity index (χ1v) is 4.15. The minimum atomic E-state index is -0.395. The highest BCUT2D eigenvalue weighted by atomic mass is 16.6. The molecule has 0 aromatic carbocycles. The van der Waals surface area contributed by atoms with E-state index in [2.05, 4.69) is 6.58 Å². The molecule has 0 heterocycles. The lowest BCUT2D eigenvalue weighted by atomic mass is 10.3. The third-order valence-corrected chi connectivity index (χ3v) is 1.44. The summed E-state index contributed by atoms with van der Waals surface area (Å²) in [7, 11) is 0. The third-order valence-electron chi connectivity index (χ3n) is 1.44. The predicted molar refractivity (Wildman–Crippen MR) is 46.9 cm³/mol. The van der Waals surface area contributed by atoms with Crippen LogP contribution >= 0.6 is 0 Å². The van der Waals surface area contributed by atoms with Crippen LogP contribution in [0.3, 0.4) is 0 Å². The van der Waals surface area contributed by atoms with Crippen molar-refractivity contribution in [2.45, 2.75) is 26.4 Å². The van der Waals surface area contributed by atoms with Crippen LogP contribution in [-0.2, 0) is 14.3 Å². The highest BCUT2D eigenvalue weighted by Crippen LogP contribution is 1.98. The molecule has 3 heteroatoms. The molecule has 0 radical (unpaired) electrons. The lowest BCUT2D eigenvalue weighted by molar-refractivity contribution is -0.141. The Morgan fingerprint density at radius 2 is 2.25 bits per heavy atom. The van der Waals surface area contributed by atoms with Crippen molar-refractivity contribution in [3.05, 3.63) is 12.7 Å². The number of carbonyl (C=O) groups is 1. The van der Waals surface area contributed by atoms with Crippen LogP contribution in [0, 0.1) is 0 Å². The van der Waals surface area contributed by atoms with Gasteiger partial charge in [-0.1, -0.05) is 13.5 Å². The maximum atomic E-state index is 10.6. The highest BCUT2D eigenvalue weighted by Gasteiger charge is 2.07. The summed E-state index contributed by atoms with van der Waals surface area (Å²) >= 11 is 0. The second kappa shape index (κ2) is 6.85. The Hall–Kier alpha value is -0.830. The summed E-state index contributed by atoms with van der Waals surface area (Å²) in [4.78, 5) is 10.6. The first-order valence-electron chi connectivity index (χ1n) is 4.15. The predicted octanol–water partition coefficient (Wildman–Crippen LogP) is 1.53. The molecule has 0 fully saturated rings. The third kappa shape index (κ3) is 4.91. The van der Waals surface area contributed by atoms with Gasteiger partial charge in [-0.15, -0.1) is 0 Å². The molecule has 0 saturated carbocycles. The molecule has 0 aromatic rings. The van der Waals surface area contributed by atoms with Crippen LogP contribution in [0.15, 0.2) is 12.7 Å². The number of ether oxygens (including phenoxy) is 2. The van der Waals surface area contributed by atoms with E-state index in [1.54, 1.807) is 0 Å². The molecular weight excluding hydrogens is 156 g/mol. The monoisotopic (exact) mass is 172 g/mol.